The Hall–Kier alpha value is -1.54. The topological polar surface area (TPSA) is 62.7 Å². The third-order valence-corrected chi connectivity index (χ3v) is 7.71. The highest BCUT2D eigenvalue weighted by atomic mass is 35.5. The quantitative estimate of drug-likeness (QED) is 0.705. The summed E-state index contributed by atoms with van der Waals surface area (Å²) in [5, 5.41) is 0.959. The van der Waals surface area contributed by atoms with Crippen LogP contribution in [0.25, 0.3) is 0 Å². The molecule has 1 atom stereocenters. The van der Waals surface area contributed by atoms with Crippen molar-refractivity contribution >= 4 is 39.0 Å². The van der Waals surface area contributed by atoms with Crippen molar-refractivity contribution in [3.63, 3.8) is 0 Å². The number of pyridine rings is 1. The molecule has 0 saturated carbocycles. The van der Waals surface area contributed by atoms with E-state index in [1.54, 1.807) is 30.3 Å². The first kappa shape index (κ1) is 19.8. The molecule has 28 heavy (non-hydrogen) atoms. The van der Waals surface area contributed by atoms with Crippen LogP contribution in [0.5, 0.6) is 5.75 Å². The monoisotopic (exact) mass is 441 g/mol. The number of aromatic nitrogens is 1. The van der Waals surface area contributed by atoms with E-state index in [1.807, 2.05) is 0 Å². The molecule has 4 rings (SSSR count). The van der Waals surface area contributed by atoms with E-state index in [2.05, 4.69) is 9.88 Å². The molecule has 0 bridgehead atoms. The fourth-order valence-corrected chi connectivity index (χ4v) is 5.32. The molecule has 2 aliphatic rings. The Bertz CT molecular complexity index is 947. The normalized spacial score (nSPS) is 20.6. The van der Waals surface area contributed by atoms with Crippen LogP contribution in [0, 0.1) is 0 Å². The first-order chi connectivity index (χ1) is 13.4. The molecule has 0 N–H and O–H groups in total. The molecule has 9 heteroatoms. The van der Waals surface area contributed by atoms with Crippen molar-refractivity contribution in [2.24, 2.45) is 0 Å². The molecule has 0 spiro atoms. The van der Waals surface area contributed by atoms with Gasteiger partial charge in [-0.3, -0.25) is 0 Å². The molecular formula is C19H21Cl2N3O3S. The van der Waals surface area contributed by atoms with Gasteiger partial charge in [-0.2, -0.15) is 4.31 Å². The number of benzene rings is 1. The minimum atomic E-state index is -3.43. The second-order valence-corrected chi connectivity index (χ2v) is 9.77. The van der Waals surface area contributed by atoms with E-state index in [-0.39, 0.29) is 11.0 Å². The average molecular weight is 442 g/mol. The summed E-state index contributed by atoms with van der Waals surface area (Å²) in [6.45, 7) is 2.64. The minimum Gasteiger partial charge on any atom is -0.488 e. The molecule has 0 aliphatic carbocycles. The number of halogens is 2. The number of ether oxygens (including phenoxy) is 1. The van der Waals surface area contributed by atoms with Gasteiger partial charge in [0, 0.05) is 38.3 Å². The van der Waals surface area contributed by atoms with E-state index < -0.39 is 10.0 Å². The van der Waals surface area contributed by atoms with Crippen LogP contribution in [0.1, 0.15) is 19.3 Å². The lowest BCUT2D eigenvalue weighted by Crippen LogP contribution is -2.28. The van der Waals surface area contributed by atoms with Crippen LogP contribution in [-0.4, -0.2) is 50.0 Å². The van der Waals surface area contributed by atoms with Gasteiger partial charge < -0.3 is 9.64 Å². The fraction of sp³-hybridized carbons (Fsp3) is 0.421. The Morgan fingerprint density at radius 1 is 1.04 bits per heavy atom. The first-order valence-electron chi connectivity index (χ1n) is 9.26. The number of hydrogen-bond donors (Lipinski definition) is 0. The number of hydrogen-bond acceptors (Lipinski definition) is 5. The Morgan fingerprint density at radius 3 is 2.50 bits per heavy atom. The first-order valence-corrected chi connectivity index (χ1v) is 11.5. The zero-order valence-electron chi connectivity index (χ0n) is 15.2. The lowest BCUT2D eigenvalue weighted by Gasteiger charge is -2.19. The highest BCUT2D eigenvalue weighted by Crippen LogP contribution is 2.29. The van der Waals surface area contributed by atoms with Crippen molar-refractivity contribution < 1.29 is 13.2 Å². The number of sulfonamides is 1. The third-order valence-electron chi connectivity index (χ3n) is 5.09. The van der Waals surface area contributed by atoms with E-state index in [1.165, 1.54) is 10.5 Å². The van der Waals surface area contributed by atoms with Crippen LogP contribution in [0.4, 0.5) is 5.82 Å². The van der Waals surface area contributed by atoms with Crippen molar-refractivity contribution in [2.75, 3.05) is 31.1 Å². The van der Waals surface area contributed by atoms with Gasteiger partial charge in [0.15, 0.2) is 0 Å². The molecule has 0 amide bonds. The van der Waals surface area contributed by atoms with Crippen molar-refractivity contribution in [3.8, 4) is 5.75 Å². The Labute approximate surface area is 175 Å². The summed E-state index contributed by atoms with van der Waals surface area (Å²) in [7, 11) is -3.43. The van der Waals surface area contributed by atoms with Gasteiger partial charge in [-0.1, -0.05) is 23.2 Å². The zero-order valence-corrected chi connectivity index (χ0v) is 17.6. The fourth-order valence-electron chi connectivity index (χ4n) is 3.56. The minimum absolute atomic E-state index is 0.00653. The molecule has 150 valence electrons. The second-order valence-electron chi connectivity index (χ2n) is 7.01. The summed E-state index contributed by atoms with van der Waals surface area (Å²) in [6, 6.07) is 8.64. The van der Waals surface area contributed by atoms with E-state index in [0.29, 0.717) is 35.4 Å². The van der Waals surface area contributed by atoms with Crippen LogP contribution in [0.2, 0.25) is 10.0 Å². The van der Waals surface area contributed by atoms with Crippen LogP contribution in [0.3, 0.4) is 0 Å². The lowest BCUT2D eigenvalue weighted by molar-refractivity contribution is 0.225. The van der Waals surface area contributed by atoms with Crippen molar-refractivity contribution in [1.29, 1.82) is 0 Å². The molecule has 1 aromatic carbocycles. The van der Waals surface area contributed by atoms with Gasteiger partial charge >= 0.3 is 0 Å². The predicted octanol–water partition coefficient (Wildman–Crippen LogP) is 3.83. The van der Waals surface area contributed by atoms with Gasteiger partial charge in [0.1, 0.15) is 22.6 Å². The smallest absolute Gasteiger partial charge is 0.244 e. The maximum absolute atomic E-state index is 12.6. The molecule has 6 nitrogen and oxygen atoms in total. The summed E-state index contributed by atoms with van der Waals surface area (Å²) in [5.41, 5.74) is 0. The zero-order chi connectivity index (χ0) is 19.7. The molecule has 2 aliphatic heterocycles. The SMILES string of the molecule is O=S(=O)(c1ccc(N2CCC(Oc3ccc(Cl)c(Cl)c3)C2)nc1)N1CCCC1. The molecule has 2 fully saturated rings. The number of nitrogens with zero attached hydrogens (tertiary/aromatic N) is 3. The van der Waals surface area contributed by atoms with Crippen LogP contribution < -0.4 is 9.64 Å². The molecule has 1 unspecified atom stereocenters. The number of rotatable bonds is 5. The highest BCUT2D eigenvalue weighted by Gasteiger charge is 2.29. The molecule has 1 aromatic heterocycles. The summed E-state index contributed by atoms with van der Waals surface area (Å²) < 4.78 is 32.7. The Morgan fingerprint density at radius 2 is 1.82 bits per heavy atom. The summed E-state index contributed by atoms with van der Waals surface area (Å²) in [6.07, 6.45) is 4.13. The number of anilines is 1. The maximum Gasteiger partial charge on any atom is 0.244 e. The molecule has 0 radical (unpaired) electrons. The van der Waals surface area contributed by atoms with Crippen molar-refractivity contribution in [2.45, 2.75) is 30.3 Å². The highest BCUT2D eigenvalue weighted by molar-refractivity contribution is 7.89. The molecule has 3 heterocycles. The largest absolute Gasteiger partial charge is 0.488 e. The lowest BCUT2D eigenvalue weighted by atomic mass is 10.3. The third kappa shape index (κ3) is 4.08. The van der Waals surface area contributed by atoms with Crippen molar-refractivity contribution in [1.82, 2.24) is 9.29 Å². The van der Waals surface area contributed by atoms with Crippen LogP contribution in [0.15, 0.2) is 41.4 Å². The molecule has 2 aromatic rings. The van der Waals surface area contributed by atoms with Crippen molar-refractivity contribution in [3.05, 3.63) is 46.6 Å². The second kappa shape index (κ2) is 8.06. The summed E-state index contributed by atoms with van der Waals surface area (Å²) in [4.78, 5) is 6.73. The van der Waals surface area contributed by atoms with Gasteiger partial charge in [0.05, 0.1) is 16.6 Å². The van der Waals surface area contributed by atoms with Gasteiger partial charge in [-0.05, 0) is 37.1 Å². The van der Waals surface area contributed by atoms with Gasteiger partial charge in [0.25, 0.3) is 0 Å². The van der Waals surface area contributed by atoms with E-state index in [9.17, 15) is 8.42 Å². The van der Waals surface area contributed by atoms with E-state index in [4.69, 9.17) is 27.9 Å². The molecular weight excluding hydrogens is 421 g/mol. The van der Waals surface area contributed by atoms with Crippen LogP contribution in [-0.2, 0) is 10.0 Å². The van der Waals surface area contributed by atoms with E-state index in [0.717, 1.165) is 31.6 Å². The van der Waals surface area contributed by atoms with Gasteiger partial charge in [-0.25, -0.2) is 13.4 Å². The Kier molecular flexibility index (Phi) is 5.69. The van der Waals surface area contributed by atoms with Gasteiger partial charge in [0.2, 0.25) is 10.0 Å². The average Bonchev–Trinajstić information content (AvgIpc) is 3.37. The standard InChI is InChI=1S/C19H21Cl2N3O3S/c20-17-5-3-14(11-18(17)21)27-15-7-10-23(13-15)19-6-4-16(12-22-19)28(25,26)24-8-1-2-9-24/h3-6,11-12,15H,1-2,7-10,13H2. The Balaban J connectivity index is 1.40. The van der Waals surface area contributed by atoms with Crippen LogP contribution >= 0.6 is 23.2 Å². The summed E-state index contributed by atoms with van der Waals surface area (Å²) in [5.74, 6) is 1.43. The van der Waals surface area contributed by atoms with Gasteiger partial charge in [-0.15, -0.1) is 0 Å². The summed E-state index contributed by atoms with van der Waals surface area (Å²) >= 11 is 12.0. The predicted molar refractivity (Wildman–Crippen MR) is 110 cm³/mol. The van der Waals surface area contributed by atoms with E-state index >= 15 is 0 Å². The molecule has 2 saturated heterocycles. The maximum atomic E-state index is 12.6.